The van der Waals surface area contributed by atoms with Gasteiger partial charge in [0.1, 0.15) is 0 Å². The third kappa shape index (κ3) is 4.22. The molecule has 1 aromatic heterocycles. The van der Waals surface area contributed by atoms with Crippen LogP contribution in [-0.4, -0.2) is 35.4 Å². The Bertz CT molecular complexity index is 542. The van der Waals surface area contributed by atoms with Gasteiger partial charge in [0.15, 0.2) is 9.84 Å². The lowest BCUT2D eigenvalue weighted by Crippen LogP contribution is -2.08. The second-order valence-electron chi connectivity index (χ2n) is 5.64. The summed E-state index contributed by atoms with van der Waals surface area (Å²) in [6.45, 7) is 6.53. The van der Waals surface area contributed by atoms with Crippen molar-refractivity contribution in [1.82, 2.24) is 10.2 Å². The fourth-order valence-electron chi connectivity index (χ4n) is 2.26. The van der Waals surface area contributed by atoms with E-state index in [0.29, 0.717) is 40.9 Å². The number of thioether (sulfide) groups is 1. The number of hydrogen-bond donors (Lipinski definition) is 0. The average Bonchev–Trinajstić information content (AvgIpc) is 2.95. The summed E-state index contributed by atoms with van der Waals surface area (Å²) in [7, 11) is -2.84. The van der Waals surface area contributed by atoms with E-state index in [0.717, 1.165) is 6.42 Å². The van der Waals surface area contributed by atoms with Crippen molar-refractivity contribution in [3.63, 3.8) is 0 Å². The summed E-state index contributed by atoms with van der Waals surface area (Å²) in [6, 6.07) is 0. The molecule has 1 aromatic rings. The molecule has 0 aromatic carbocycles. The zero-order chi connectivity index (χ0) is 14.8. The zero-order valence-electron chi connectivity index (χ0n) is 12.2. The number of hydrogen-bond acceptors (Lipinski definition) is 6. The summed E-state index contributed by atoms with van der Waals surface area (Å²) >= 11 is 1.60. The molecule has 2 heterocycles. The molecule has 1 aliphatic rings. The van der Waals surface area contributed by atoms with Crippen molar-refractivity contribution in [3.05, 3.63) is 5.89 Å². The minimum Gasteiger partial charge on any atom is -0.416 e. The third-order valence-electron chi connectivity index (χ3n) is 3.97. The van der Waals surface area contributed by atoms with E-state index in [2.05, 4.69) is 31.0 Å². The summed E-state index contributed by atoms with van der Waals surface area (Å²) < 4.78 is 28.5. The highest BCUT2D eigenvalue weighted by Gasteiger charge is 2.29. The predicted molar refractivity (Wildman–Crippen MR) is 79.5 cm³/mol. The molecular weight excluding hydrogens is 296 g/mol. The van der Waals surface area contributed by atoms with E-state index in [4.69, 9.17) is 4.42 Å². The Morgan fingerprint density at radius 3 is 2.75 bits per heavy atom. The molecular formula is C13H22N2O3S2. The smallest absolute Gasteiger partial charge is 0.276 e. The molecule has 0 amide bonds. The highest BCUT2D eigenvalue weighted by molar-refractivity contribution is 7.99. The lowest BCUT2D eigenvalue weighted by molar-refractivity contribution is 0.387. The summed E-state index contributed by atoms with van der Waals surface area (Å²) in [5, 5.41) is 9.10. The summed E-state index contributed by atoms with van der Waals surface area (Å²) in [5.41, 5.74) is 0. The van der Waals surface area contributed by atoms with Gasteiger partial charge in [0, 0.05) is 11.7 Å². The molecule has 1 fully saturated rings. The lowest BCUT2D eigenvalue weighted by atomic mass is 10.1. The van der Waals surface area contributed by atoms with Gasteiger partial charge in [-0.05, 0) is 18.3 Å². The fourth-order valence-corrected chi connectivity index (χ4v) is 5.09. The van der Waals surface area contributed by atoms with Gasteiger partial charge in [-0.1, -0.05) is 39.0 Å². The summed E-state index contributed by atoms with van der Waals surface area (Å²) in [6.07, 6.45) is 2.40. The Balaban J connectivity index is 1.89. The first kappa shape index (κ1) is 15.8. The van der Waals surface area contributed by atoms with Gasteiger partial charge in [-0.15, -0.1) is 10.2 Å². The molecule has 0 N–H and O–H groups in total. The topological polar surface area (TPSA) is 73.1 Å². The molecule has 7 heteroatoms. The maximum Gasteiger partial charge on any atom is 0.276 e. The summed E-state index contributed by atoms with van der Waals surface area (Å²) in [5.74, 6) is 1.83. The molecule has 114 valence electrons. The molecule has 0 radical (unpaired) electrons. The van der Waals surface area contributed by atoms with Crippen molar-refractivity contribution in [2.75, 3.05) is 11.5 Å². The van der Waals surface area contributed by atoms with E-state index < -0.39 is 9.84 Å². The Kier molecular flexibility index (Phi) is 5.12. The van der Waals surface area contributed by atoms with Crippen molar-refractivity contribution in [1.29, 1.82) is 0 Å². The number of sulfone groups is 1. The van der Waals surface area contributed by atoms with Crippen LogP contribution in [0.2, 0.25) is 0 Å². The maximum atomic E-state index is 11.4. The van der Waals surface area contributed by atoms with Crippen LogP contribution in [0.1, 0.15) is 39.5 Å². The molecule has 0 saturated carbocycles. The standard InChI is InChI=1S/C13H22N2O3S2/c1-4-9(2)10(3)19-13-15-14-12(18-13)7-11-5-6-20(16,17)8-11/h9-11H,4-8H2,1-3H3/t9-,10-,11+/m0/s1. The quantitative estimate of drug-likeness (QED) is 0.751. The van der Waals surface area contributed by atoms with E-state index >= 15 is 0 Å². The highest BCUT2D eigenvalue weighted by atomic mass is 32.2. The molecule has 20 heavy (non-hydrogen) atoms. The lowest BCUT2D eigenvalue weighted by Gasteiger charge is -2.14. The predicted octanol–water partition coefficient (Wildman–Crippen LogP) is 2.57. The van der Waals surface area contributed by atoms with Crippen molar-refractivity contribution < 1.29 is 12.8 Å². The van der Waals surface area contributed by atoms with Gasteiger partial charge in [0.05, 0.1) is 11.5 Å². The van der Waals surface area contributed by atoms with Crippen LogP contribution in [-0.2, 0) is 16.3 Å². The van der Waals surface area contributed by atoms with E-state index in [1.165, 1.54) is 0 Å². The highest BCUT2D eigenvalue weighted by Crippen LogP contribution is 2.29. The van der Waals surface area contributed by atoms with E-state index in [9.17, 15) is 8.42 Å². The molecule has 3 atom stereocenters. The minimum absolute atomic E-state index is 0.130. The number of rotatable bonds is 6. The van der Waals surface area contributed by atoms with Crippen LogP contribution in [0.3, 0.4) is 0 Å². The Hall–Kier alpha value is -0.560. The van der Waals surface area contributed by atoms with Crippen LogP contribution in [0.15, 0.2) is 9.64 Å². The van der Waals surface area contributed by atoms with E-state index in [1.807, 2.05) is 0 Å². The first-order valence-corrected chi connectivity index (χ1v) is 9.79. The third-order valence-corrected chi connectivity index (χ3v) is 7.01. The fraction of sp³-hybridized carbons (Fsp3) is 0.846. The Labute approximate surface area is 124 Å². The van der Waals surface area contributed by atoms with Crippen LogP contribution < -0.4 is 0 Å². The van der Waals surface area contributed by atoms with Crippen molar-refractivity contribution in [3.8, 4) is 0 Å². The first-order valence-electron chi connectivity index (χ1n) is 7.09. The van der Waals surface area contributed by atoms with Crippen LogP contribution in [0.4, 0.5) is 0 Å². The molecule has 2 rings (SSSR count). The Morgan fingerprint density at radius 1 is 1.40 bits per heavy atom. The van der Waals surface area contributed by atoms with Crippen LogP contribution in [0, 0.1) is 11.8 Å². The monoisotopic (exact) mass is 318 g/mol. The van der Waals surface area contributed by atoms with Crippen molar-refractivity contribution in [2.24, 2.45) is 11.8 Å². The van der Waals surface area contributed by atoms with Gasteiger partial charge in [-0.2, -0.15) is 0 Å². The van der Waals surface area contributed by atoms with E-state index in [-0.39, 0.29) is 11.7 Å². The largest absolute Gasteiger partial charge is 0.416 e. The molecule has 0 aliphatic carbocycles. The molecule has 0 unspecified atom stereocenters. The van der Waals surface area contributed by atoms with Gasteiger partial charge in [0.2, 0.25) is 5.89 Å². The van der Waals surface area contributed by atoms with Gasteiger partial charge in [-0.25, -0.2) is 8.42 Å². The molecule has 5 nitrogen and oxygen atoms in total. The first-order chi connectivity index (χ1) is 9.39. The average molecular weight is 318 g/mol. The minimum atomic E-state index is -2.84. The van der Waals surface area contributed by atoms with Crippen LogP contribution in [0.25, 0.3) is 0 Å². The summed E-state index contributed by atoms with van der Waals surface area (Å²) in [4.78, 5) is 0. The molecule has 0 spiro atoms. The normalized spacial score (nSPS) is 24.6. The van der Waals surface area contributed by atoms with Crippen molar-refractivity contribution >= 4 is 21.6 Å². The SMILES string of the molecule is CC[C@H](C)[C@H](C)Sc1nnc(C[C@H]2CCS(=O)(=O)C2)o1. The van der Waals surface area contributed by atoms with Gasteiger partial charge in [-0.3, -0.25) is 0 Å². The van der Waals surface area contributed by atoms with Crippen LogP contribution in [0.5, 0.6) is 0 Å². The molecule has 0 bridgehead atoms. The van der Waals surface area contributed by atoms with Gasteiger partial charge in [0.25, 0.3) is 5.22 Å². The maximum absolute atomic E-state index is 11.4. The number of aromatic nitrogens is 2. The van der Waals surface area contributed by atoms with E-state index in [1.54, 1.807) is 11.8 Å². The number of nitrogens with zero attached hydrogens (tertiary/aromatic N) is 2. The van der Waals surface area contributed by atoms with Crippen LogP contribution >= 0.6 is 11.8 Å². The molecule has 1 aliphatic heterocycles. The van der Waals surface area contributed by atoms with Gasteiger partial charge >= 0.3 is 0 Å². The molecule has 1 saturated heterocycles. The van der Waals surface area contributed by atoms with Crippen molar-refractivity contribution in [2.45, 2.75) is 50.5 Å². The zero-order valence-corrected chi connectivity index (χ0v) is 13.8. The van der Waals surface area contributed by atoms with Gasteiger partial charge < -0.3 is 4.42 Å². The second-order valence-corrected chi connectivity index (χ2v) is 9.20. The Morgan fingerprint density at radius 2 is 2.15 bits per heavy atom. The second kappa shape index (κ2) is 6.47.